The normalized spacial score (nSPS) is 13.8. The summed E-state index contributed by atoms with van der Waals surface area (Å²) in [6.45, 7) is 3.67. The predicted molar refractivity (Wildman–Crippen MR) is 70.7 cm³/mol. The highest BCUT2D eigenvalue weighted by Gasteiger charge is 2.40. The third-order valence-corrected chi connectivity index (χ3v) is 2.86. The molecule has 1 N–H and O–H groups in total. The quantitative estimate of drug-likeness (QED) is 0.914. The molecule has 2 aromatic rings. The Morgan fingerprint density at radius 1 is 1.10 bits per heavy atom. The summed E-state index contributed by atoms with van der Waals surface area (Å²) in [5, 5.41) is 10.4. The molecule has 0 aliphatic rings. The number of fused-ring (bicyclic) bond motifs is 1. The highest BCUT2D eigenvalue weighted by atomic mass is 19.4. The molecule has 0 fully saturated rings. The van der Waals surface area contributed by atoms with E-state index in [-0.39, 0.29) is 11.7 Å². The first-order valence-electron chi connectivity index (χ1n) is 6.23. The number of alkyl halides is 3. The predicted octanol–water partition coefficient (Wildman–Crippen LogP) is 4.22. The minimum Gasteiger partial charge on any atom is -0.491 e. The van der Waals surface area contributed by atoms with Crippen LogP contribution in [0.15, 0.2) is 36.4 Å². The molecule has 2 aromatic carbocycles. The fourth-order valence-electron chi connectivity index (χ4n) is 2.04. The smallest absolute Gasteiger partial charge is 0.418 e. The van der Waals surface area contributed by atoms with Crippen molar-refractivity contribution in [3.8, 4) is 5.75 Å². The van der Waals surface area contributed by atoms with Crippen LogP contribution in [0.3, 0.4) is 0 Å². The molecule has 2 nitrogen and oxygen atoms in total. The number of hydrogen-bond acceptors (Lipinski definition) is 2. The zero-order chi connectivity index (χ0) is 14.9. The second-order valence-corrected chi connectivity index (χ2v) is 4.84. The first kappa shape index (κ1) is 14.7. The summed E-state index contributed by atoms with van der Waals surface area (Å²) in [5.74, 6) is 0.481. The van der Waals surface area contributed by atoms with Gasteiger partial charge in [-0.05, 0) is 42.3 Å². The van der Waals surface area contributed by atoms with E-state index in [9.17, 15) is 18.3 Å². The van der Waals surface area contributed by atoms with Crippen molar-refractivity contribution < 1.29 is 23.0 Å². The van der Waals surface area contributed by atoms with Gasteiger partial charge in [-0.1, -0.05) is 24.3 Å². The van der Waals surface area contributed by atoms with Crippen LogP contribution >= 0.6 is 0 Å². The van der Waals surface area contributed by atoms with Gasteiger partial charge in [-0.15, -0.1) is 0 Å². The topological polar surface area (TPSA) is 29.5 Å². The third kappa shape index (κ3) is 3.04. The summed E-state index contributed by atoms with van der Waals surface area (Å²) in [6.07, 6.45) is -7.27. The molecule has 0 spiro atoms. The van der Waals surface area contributed by atoms with Gasteiger partial charge < -0.3 is 9.84 Å². The molecule has 0 heterocycles. The summed E-state index contributed by atoms with van der Waals surface area (Å²) in [4.78, 5) is 0. The van der Waals surface area contributed by atoms with Crippen molar-refractivity contribution in [1.82, 2.24) is 0 Å². The Morgan fingerprint density at radius 2 is 1.80 bits per heavy atom. The van der Waals surface area contributed by atoms with Crippen LogP contribution in [0, 0.1) is 0 Å². The Hall–Kier alpha value is -1.75. The van der Waals surface area contributed by atoms with Crippen molar-refractivity contribution in [2.45, 2.75) is 32.2 Å². The lowest BCUT2D eigenvalue weighted by atomic mass is 10.00. The van der Waals surface area contributed by atoms with Gasteiger partial charge in [-0.3, -0.25) is 0 Å². The van der Waals surface area contributed by atoms with E-state index in [4.69, 9.17) is 4.74 Å². The summed E-state index contributed by atoms with van der Waals surface area (Å²) < 4.78 is 43.6. The van der Waals surface area contributed by atoms with E-state index in [1.54, 1.807) is 18.2 Å². The van der Waals surface area contributed by atoms with Crippen molar-refractivity contribution in [1.29, 1.82) is 0 Å². The zero-order valence-corrected chi connectivity index (χ0v) is 11.1. The molecule has 0 amide bonds. The van der Waals surface area contributed by atoms with Crippen molar-refractivity contribution in [2.75, 3.05) is 0 Å². The van der Waals surface area contributed by atoms with Gasteiger partial charge in [0.15, 0.2) is 6.10 Å². The number of benzene rings is 2. The van der Waals surface area contributed by atoms with E-state index in [2.05, 4.69) is 0 Å². The van der Waals surface area contributed by atoms with Gasteiger partial charge in [0, 0.05) is 0 Å². The molecule has 2 rings (SSSR count). The van der Waals surface area contributed by atoms with E-state index < -0.39 is 12.3 Å². The molecule has 0 saturated carbocycles. The Balaban J connectivity index is 2.54. The van der Waals surface area contributed by atoms with Crippen LogP contribution in [0.1, 0.15) is 25.5 Å². The Bertz CT molecular complexity index is 606. The number of ether oxygens (including phenoxy) is 1. The molecule has 0 saturated heterocycles. The number of hydrogen-bond donors (Lipinski definition) is 1. The molecule has 0 aliphatic heterocycles. The number of rotatable bonds is 3. The molecule has 0 radical (unpaired) electrons. The van der Waals surface area contributed by atoms with Crippen LogP contribution in [0.4, 0.5) is 13.2 Å². The van der Waals surface area contributed by atoms with Crippen LogP contribution in [-0.2, 0) is 0 Å². The van der Waals surface area contributed by atoms with Crippen LogP contribution in [0.5, 0.6) is 5.75 Å². The molecule has 108 valence electrons. The standard InChI is InChI=1S/C15H15F3O2/c1-9(2)20-11-7-6-10-4-3-5-12(13(10)8-11)14(19)15(16,17)18/h3-9,14,19H,1-2H3. The van der Waals surface area contributed by atoms with E-state index in [0.29, 0.717) is 16.5 Å². The van der Waals surface area contributed by atoms with Crippen LogP contribution in [0.25, 0.3) is 10.8 Å². The van der Waals surface area contributed by atoms with Gasteiger partial charge in [-0.2, -0.15) is 13.2 Å². The fraction of sp³-hybridized carbons (Fsp3) is 0.333. The van der Waals surface area contributed by atoms with E-state index in [1.165, 1.54) is 18.2 Å². The van der Waals surface area contributed by atoms with Gasteiger partial charge in [-0.25, -0.2) is 0 Å². The second kappa shape index (κ2) is 5.32. The molecular formula is C15H15F3O2. The molecular weight excluding hydrogens is 269 g/mol. The number of aliphatic hydroxyl groups is 1. The largest absolute Gasteiger partial charge is 0.491 e. The second-order valence-electron chi connectivity index (χ2n) is 4.84. The van der Waals surface area contributed by atoms with Gasteiger partial charge >= 0.3 is 6.18 Å². The van der Waals surface area contributed by atoms with Gasteiger partial charge in [0.1, 0.15) is 5.75 Å². The van der Waals surface area contributed by atoms with E-state index in [1.807, 2.05) is 13.8 Å². The van der Waals surface area contributed by atoms with Gasteiger partial charge in [0.25, 0.3) is 0 Å². The van der Waals surface area contributed by atoms with Crippen LogP contribution in [0.2, 0.25) is 0 Å². The highest BCUT2D eigenvalue weighted by Crippen LogP contribution is 2.37. The molecule has 20 heavy (non-hydrogen) atoms. The fourth-order valence-corrected chi connectivity index (χ4v) is 2.04. The number of aliphatic hydroxyl groups excluding tert-OH is 1. The SMILES string of the molecule is CC(C)Oc1ccc2cccc(C(O)C(F)(F)F)c2c1. The lowest BCUT2D eigenvalue weighted by Crippen LogP contribution is -2.20. The van der Waals surface area contributed by atoms with E-state index >= 15 is 0 Å². The Morgan fingerprint density at radius 3 is 2.40 bits per heavy atom. The van der Waals surface area contributed by atoms with Gasteiger partial charge in [0.05, 0.1) is 6.10 Å². The maximum absolute atomic E-state index is 12.7. The maximum Gasteiger partial charge on any atom is 0.418 e. The lowest BCUT2D eigenvalue weighted by molar-refractivity contribution is -0.206. The average Bonchev–Trinajstić information content (AvgIpc) is 2.35. The van der Waals surface area contributed by atoms with Crippen LogP contribution in [-0.4, -0.2) is 17.4 Å². The summed E-state index contributed by atoms with van der Waals surface area (Å²) in [5.41, 5.74) is -0.163. The van der Waals surface area contributed by atoms with Gasteiger partial charge in [0.2, 0.25) is 0 Å². The monoisotopic (exact) mass is 284 g/mol. The van der Waals surface area contributed by atoms with Crippen LogP contribution < -0.4 is 4.74 Å². The molecule has 1 atom stereocenters. The first-order valence-corrected chi connectivity index (χ1v) is 6.23. The summed E-state index contributed by atoms with van der Waals surface area (Å²) in [6, 6.07) is 9.38. The molecule has 1 unspecified atom stereocenters. The molecule has 0 bridgehead atoms. The first-order chi connectivity index (χ1) is 9.29. The highest BCUT2D eigenvalue weighted by molar-refractivity contribution is 5.87. The van der Waals surface area contributed by atoms with Crippen molar-refractivity contribution in [3.05, 3.63) is 42.0 Å². The molecule has 0 aromatic heterocycles. The van der Waals surface area contributed by atoms with Crippen molar-refractivity contribution in [3.63, 3.8) is 0 Å². The average molecular weight is 284 g/mol. The third-order valence-electron chi connectivity index (χ3n) is 2.86. The summed E-state index contributed by atoms with van der Waals surface area (Å²) >= 11 is 0. The number of halogens is 3. The summed E-state index contributed by atoms with van der Waals surface area (Å²) in [7, 11) is 0. The Labute approximate surface area is 114 Å². The minimum absolute atomic E-state index is 0.0767. The molecule has 5 heteroatoms. The lowest BCUT2D eigenvalue weighted by Gasteiger charge is -2.18. The Kier molecular flexibility index (Phi) is 3.90. The minimum atomic E-state index is -4.69. The zero-order valence-electron chi connectivity index (χ0n) is 11.1. The van der Waals surface area contributed by atoms with Crippen molar-refractivity contribution >= 4 is 10.8 Å². The van der Waals surface area contributed by atoms with Crippen molar-refractivity contribution in [2.24, 2.45) is 0 Å². The molecule has 0 aliphatic carbocycles. The maximum atomic E-state index is 12.7. The van der Waals surface area contributed by atoms with E-state index in [0.717, 1.165) is 0 Å².